The molecular weight excluding hydrogens is 340 g/mol. The van der Waals surface area contributed by atoms with Crippen molar-refractivity contribution < 1.29 is 19.0 Å². The number of hydrogen-bond donors (Lipinski definition) is 1. The number of hydrogen-bond acceptors (Lipinski definition) is 3. The van der Waals surface area contributed by atoms with Crippen LogP contribution in [0.1, 0.15) is 10.4 Å². The Morgan fingerprint density at radius 2 is 2.26 bits per heavy atom. The SMILES string of the molecule is COCC(O)CN(C)C(=O)c1cc(Cl)cc(Br)c1F. The van der Waals surface area contributed by atoms with Gasteiger partial charge in [0.2, 0.25) is 0 Å². The van der Waals surface area contributed by atoms with Crippen molar-refractivity contribution >= 4 is 33.4 Å². The molecule has 0 aliphatic carbocycles. The number of carbonyl (C=O) groups excluding carboxylic acids is 1. The summed E-state index contributed by atoms with van der Waals surface area (Å²) >= 11 is 8.78. The molecule has 0 spiro atoms. The number of nitrogens with zero attached hydrogens (tertiary/aromatic N) is 1. The second kappa shape index (κ2) is 7.19. The molecule has 0 aliphatic heterocycles. The zero-order valence-corrected chi connectivity index (χ0v) is 12.8. The summed E-state index contributed by atoms with van der Waals surface area (Å²) in [4.78, 5) is 13.3. The fourth-order valence-corrected chi connectivity index (χ4v) is 2.37. The number of likely N-dealkylation sites (N-methyl/N-ethyl adjacent to an activating group) is 1. The number of aliphatic hydroxyl groups excluding tert-OH is 1. The maximum Gasteiger partial charge on any atom is 0.256 e. The van der Waals surface area contributed by atoms with Gasteiger partial charge < -0.3 is 14.7 Å². The number of ether oxygens (including phenoxy) is 1. The first-order chi connectivity index (χ1) is 8.86. The number of benzene rings is 1. The Labute approximate surface area is 124 Å². The molecule has 19 heavy (non-hydrogen) atoms. The summed E-state index contributed by atoms with van der Waals surface area (Å²) in [5.41, 5.74) is -0.147. The Hall–Kier alpha value is -0.690. The van der Waals surface area contributed by atoms with Crippen LogP contribution in [0.4, 0.5) is 4.39 Å². The second-order valence-corrected chi connectivity index (χ2v) is 5.33. The van der Waals surface area contributed by atoms with Gasteiger partial charge in [0, 0.05) is 25.7 Å². The normalized spacial score (nSPS) is 12.3. The van der Waals surface area contributed by atoms with Gasteiger partial charge in [0.25, 0.3) is 5.91 Å². The molecular formula is C12H14BrClFNO3. The van der Waals surface area contributed by atoms with Gasteiger partial charge in [-0.2, -0.15) is 0 Å². The minimum atomic E-state index is -0.829. The van der Waals surface area contributed by atoms with E-state index in [2.05, 4.69) is 15.9 Å². The van der Waals surface area contributed by atoms with Crippen LogP contribution < -0.4 is 0 Å². The summed E-state index contributed by atoms with van der Waals surface area (Å²) in [6.07, 6.45) is -0.829. The molecule has 0 radical (unpaired) electrons. The van der Waals surface area contributed by atoms with Crippen molar-refractivity contribution in [1.29, 1.82) is 0 Å². The molecule has 4 nitrogen and oxygen atoms in total. The lowest BCUT2D eigenvalue weighted by Gasteiger charge is -2.21. The van der Waals surface area contributed by atoms with Crippen LogP contribution in [0.15, 0.2) is 16.6 Å². The summed E-state index contributed by atoms with van der Waals surface area (Å²) in [6, 6.07) is 2.62. The van der Waals surface area contributed by atoms with Crippen LogP contribution in [0.5, 0.6) is 0 Å². The molecule has 106 valence electrons. The van der Waals surface area contributed by atoms with Gasteiger partial charge in [-0.15, -0.1) is 0 Å². The Balaban J connectivity index is 2.88. The van der Waals surface area contributed by atoms with Gasteiger partial charge in [0.15, 0.2) is 0 Å². The third-order valence-electron chi connectivity index (χ3n) is 2.41. The first kappa shape index (κ1) is 16.4. The second-order valence-electron chi connectivity index (χ2n) is 4.04. The van der Waals surface area contributed by atoms with Crippen molar-refractivity contribution in [3.63, 3.8) is 0 Å². The van der Waals surface area contributed by atoms with Crippen molar-refractivity contribution in [2.75, 3.05) is 27.3 Å². The van der Waals surface area contributed by atoms with Gasteiger partial charge in [-0.3, -0.25) is 4.79 Å². The van der Waals surface area contributed by atoms with E-state index in [0.29, 0.717) is 0 Å². The van der Waals surface area contributed by atoms with Gasteiger partial charge in [0.1, 0.15) is 5.82 Å². The predicted octanol–water partition coefficient (Wildman–Crippen LogP) is 2.32. The van der Waals surface area contributed by atoms with Gasteiger partial charge in [0.05, 0.1) is 22.7 Å². The van der Waals surface area contributed by atoms with E-state index in [1.165, 1.54) is 31.2 Å². The van der Waals surface area contributed by atoms with Crippen LogP contribution in [0.25, 0.3) is 0 Å². The van der Waals surface area contributed by atoms with Crippen LogP contribution in [0.2, 0.25) is 5.02 Å². The molecule has 0 aromatic heterocycles. The van der Waals surface area contributed by atoms with E-state index >= 15 is 0 Å². The zero-order valence-electron chi connectivity index (χ0n) is 10.5. The fraction of sp³-hybridized carbons (Fsp3) is 0.417. The molecule has 0 aliphatic rings. The molecule has 1 aromatic carbocycles. The summed E-state index contributed by atoms with van der Waals surface area (Å²) in [5, 5.41) is 9.80. The molecule has 1 rings (SSSR count). The Morgan fingerprint density at radius 1 is 1.63 bits per heavy atom. The lowest BCUT2D eigenvalue weighted by molar-refractivity contribution is 0.0378. The smallest absolute Gasteiger partial charge is 0.256 e. The van der Waals surface area contributed by atoms with Crippen LogP contribution in [0, 0.1) is 5.82 Å². The minimum absolute atomic E-state index is 0.0379. The lowest BCUT2D eigenvalue weighted by Crippen LogP contribution is -2.36. The number of carbonyl (C=O) groups is 1. The molecule has 0 heterocycles. The van der Waals surface area contributed by atoms with Gasteiger partial charge in [-0.25, -0.2) is 4.39 Å². The molecule has 0 saturated heterocycles. The molecule has 1 amide bonds. The number of halogens is 3. The monoisotopic (exact) mass is 353 g/mol. The van der Waals surface area contributed by atoms with Gasteiger partial charge in [-0.1, -0.05) is 11.6 Å². The van der Waals surface area contributed by atoms with Crippen molar-refractivity contribution in [3.8, 4) is 0 Å². The molecule has 1 atom stereocenters. The number of methoxy groups -OCH3 is 1. The summed E-state index contributed by atoms with van der Waals surface area (Å²) in [7, 11) is 2.91. The Kier molecular flexibility index (Phi) is 6.19. The quantitative estimate of drug-likeness (QED) is 0.826. The fourth-order valence-electron chi connectivity index (χ4n) is 1.56. The third-order valence-corrected chi connectivity index (χ3v) is 3.21. The van der Waals surface area contributed by atoms with E-state index in [4.69, 9.17) is 16.3 Å². The summed E-state index contributed by atoms with van der Waals surface area (Å²) in [5.74, 6) is -1.24. The van der Waals surface area contributed by atoms with Crippen molar-refractivity contribution in [1.82, 2.24) is 4.90 Å². The number of amides is 1. The standard InChI is InChI=1S/C12H14BrClFNO3/c1-16(5-8(17)6-19-2)12(18)9-3-7(14)4-10(13)11(9)15/h3-4,8,17H,5-6H2,1-2H3. The van der Waals surface area contributed by atoms with Crippen molar-refractivity contribution in [3.05, 3.63) is 33.0 Å². The van der Waals surface area contributed by atoms with Crippen LogP contribution in [-0.4, -0.2) is 49.3 Å². The van der Waals surface area contributed by atoms with Gasteiger partial charge in [-0.05, 0) is 28.1 Å². The molecule has 0 bridgehead atoms. The van der Waals surface area contributed by atoms with E-state index in [-0.39, 0.29) is 28.2 Å². The third kappa shape index (κ3) is 4.42. The highest BCUT2D eigenvalue weighted by molar-refractivity contribution is 9.10. The summed E-state index contributed by atoms with van der Waals surface area (Å²) < 4.78 is 18.7. The van der Waals surface area contributed by atoms with Crippen molar-refractivity contribution in [2.45, 2.75) is 6.10 Å². The molecule has 1 aromatic rings. The number of aliphatic hydroxyl groups is 1. The average molecular weight is 355 g/mol. The van der Waals surface area contributed by atoms with Crippen LogP contribution in [-0.2, 0) is 4.74 Å². The van der Waals surface area contributed by atoms with Crippen LogP contribution >= 0.6 is 27.5 Å². The first-order valence-corrected chi connectivity index (χ1v) is 6.61. The van der Waals surface area contributed by atoms with Crippen molar-refractivity contribution in [2.24, 2.45) is 0 Å². The van der Waals surface area contributed by atoms with Crippen LogP contribution in [0.3, 0.4) is 0 Å². The molecule has 7 heteroatoms. The Morgan fingerprint density at radius 3 is 2.84 bits per heavy atom. The van der Waals surface area contributed by atoms with E-state index in [0.717, 1.165) is 0 Å². The first-order valence-electron chi connectivity index (χ1n) is 5.43. The highest BCUT2D eigenvalue weighted by Crippen LogP contribution is 2.25. The lowest BCUT2D eigenvalue weighted by atomic mass is 10.2. The molecule has 1 N–H and O–H groups in total. The predicted molar refractivity (Wildman–Crippen MR) is 74.0 cm³/mol. The highest BCUT2D eigenvalue weighted by atomic mass is 79.9. The molecule has 1 unspecified atom stereocenters. The maximum atomic E-state index is 13.8. The summed E-state index contributed by atoms with van der Waals surface area (Å²) in [6.45, 7) is 0.135. The molecule has 0 saturated carbocycles. The van der Waals surface area contributed by atoms with E-state index < -0.39 is 17.8 Å². The zero-order chi connectivity index (χ0) is 14.6. The highest BCUT2D eigenvalue weighted by Gasteiger charge is 2.20. The average Bonchev–Trinajstić information content (AvgIpc) is 2.33. The maximum absolute atomic E-state index is 13.8. The van der Waals surface area contributed by atoms with E-state index in [9.17, 15) is 14.3 Å². The Bertz CT molecular complexity index is 473. The topological polar surface area (TPSA) is 49.8 Å². The number of rotatable bonds is 5. The van der Waals surface area contributed by atoms with E-state index in [1.54, 1.807) is 0 Å². The minimum Gasteiger partial charge on any atom is -0.389 e. The van der Waals surface area contributed by atoms with Gasteiger partial charge >= 0.3 is 0 Å². The molecule has 0 fully saturated rings. The van der Waals surface area contributed by atoms with E-state index in [1.807, 2.05) is 0 Å². The largest absolute Gasteiger partial charge is 0.389 e.